The number of fused-ring (bicyclic) bond motifs is 5. The molecule has 2 saturated heterocycles. The van der Waals surface area contributed by atoms with E-state index in [1.54, 1.807) is 38.1 Å². The number of benzene rings is 1. The molecule has 0 spiro atoms. The Bertz CT molecular complexity index is 1800. The molecule has 18 heteroatoms. The van der Waals surface area contributed by atoms with Gasteiger partial charge in [-0.15, -0.1) is 0 Å². The van der Waals surface area contributed by atoms with Gasteiger partial charge in [-0.25, -0.2) is 14.0 Å². The largest absolute Gasteiger partial charge is 0.495 e. The van der Waals surface area contributed by atoms with Crippen molar-refractivity contribution in [3.05, 3.63) is 79.3 Å². The molecule has 0 saturated carbocycles. The van der Waals surface area contributed by atoms with Crippen molar-refractivity contribution in [1.82, 2.24) is 10.6 Å². The van der Waals surface area contributed by atoms with Crippen molar-refractivity contribution in [1.29, 1.82) is 0 Å². The van der Waals surface area contributed by atoms with Gasteiger partial charge >= 0.3 is 12.2 Å². The summed E-state index contributed by atoms with van der Waals surface area (Å²) >= 11 is 12.6. The number of alkyl carbamates (subject to hydrolysis) is 2. The predicted octanol–water partition coefficient (Wildman–Crippen LogP) is 5.20. The number of amides is 3. The second kappa shape index (κ2) is 15.6. The molecule has 1 unspecified atom stereocenters. The second-order valence-electron chi connectivity index (χ2n) is 13.7. The number of anilines is 1. The molecule has 15 nitrogen and oxygen atoms in total. The van der Waals surface area contributed by atoms with E-state index in [-0.39, 0.29) is 17.1 Å². The Hall–Kier alpha value is -4.22. The van der Waals surface area contributed by atoms with Crippen molar-refractivity contribution in [2.75, 3.05) is 26.2 Å². The highest BCUT2D eigenvalue weighted by atomic mass is 35.5. The van der Waals surface area contributed by atoms with E-state index in [1.807, 2.05) is 13.0 Å². The number of carbonyl (C=O) groups is 3. The van der Waals surface area contributed by atoms with Crippen molar-refractivity contribution in [2.45, 2.75) is 88.2 Å². The van der Waals surface area contributed by atoms with Crippen LogP contribution in [0.1, 0.15) is 45.6 Å². The highest BCUT2D eigenvalue weighted by Gasteiger charge is 2.64. The first kappa shape index (κ1) is 40.0. The zero-order chi connectivity index (χ0) is 39.0. The summed E-state index contributed by atoms with van der Waals surface area (Å²) in [5.41, 5.74) is -1.65. The number of hydrogen-bond donors (Lipinski definition) is 3. The molecule has 1 aromatic carbocycles. The normalized spacial score (nSPS) is 33.7. The van der Waals surface area contributed by atoms with Crippen LogP contribution in [-0.4, -0.2) is 91.2 Å². The first-order valence-electron chi connectivity index (χ1n) is 16.7. The average molecular weight is 784 g/mol. The fourth-order valence-electron chi connectivity index (χ4n) is 6.88. The van der Waals surface area contributed by atoms with E-state index >= 15 is 0 Å². The van der Waals surface area contributed by atoms with Gasteiger partial charge in [-0.3, -0.25) is 25.5 Å². The molecule has 1 aromatic rings. The Morgan fingerprint density at radius 3 is 2.62 bits per heavy atom. The smallest absolute Gasteiger partial charge is 0.411 e. The van der Waals surface area contributed by atoms with Crippen LogP contribution in [0.15, 0.2) is 58.6 Å². The topological polar surface area (TPSA) is 191 Å². The molecule has 8 atom stereocenters. The molecular weight excluding hydrogens is 742 g/mol. The molecule has 2 fully saturated rings. The SMILES string of the molecule is COc1cc2cc(c1Cl)N(C)C(=O)C[C@H](OC(=O)NC1=CC(Cl)=C(F)CC1[N+](=O)[O-])[C@]1(C)O[C@H]1[C@H](C)[C@@H]1C[C@@](O)(NC(=O)O1)[C@H](OC)/C=C/C=C(\C)C2. The Morgan fingerprint density at radius 2 is 1.96 bits per heavy atom. The lowest BCUT2D eigenvalue weighted by atomic mass is 9.83. The van der Waals surface area contributed by atoms with Crippen LogP contribution in [0.4, 0.5) is 19.7 Å². The van der Waals surface area contributed by atoms with Crippen LogP contribution in [0.5, 0.6) is 5.75 Å². The Kier molecular flexibility index (Phi) is 11.8. The first-order valence-corrected chi connectivity index (χ1v) is 17.4. The van der Waals surface area contributed by atoms with Gasteiger partial charge in [0.15, 0.2) is 5.72 Å². The average Bonchev–Trinajstić information content (AvgIpc) is 3.79. The molecular formula is C35H41Cl2FN4O11. The maximum absolute atomic E-state index is 14.1. The molecule has 3 amide bonds. The predicted molar refractivity (Wildman–Crippen MR) is 190 cm³/mol. The second-order valence-corrected chi connectivity index (χ2v) is 14.5. The Balaban J connectivity index is 1.54. The number of ether oxygens (including phenoxy) is 5. The van der Waals surface area contributed by atoms with Crippen molar-refractivity contribution < 1.29 is 52.5 Å². The number of allylic oxidation sites excluding steroid dienone is 5. The minimum atomic E-state index is -1.89. The van der Waals surface area contributed by atoms with Gasteiger partial charge < -0.3 is 33.7 Å². The van der Waals surface area contributed by atoms with E-state index in [9.17, 15) is 34.0 Å². The highest BCUT2D eigenvalue weighted by Crippen LogP contribution is 2.49. The van der Waals surface area contributed by atoms with Gasteiger partial charge in [-0.2, -0.15) is 0 Å². The lowest BCUT2D eigenvalue weighted by Gasteiger charge is -2.42. The van der Waals surface area contributed by atoms with E-state index in [0.29, 0.717) is 17.9 Å². The summed E-state index contributed by atoms with van der Waals surface area (Å²) in [5, 5.41) is 27.9. The molecule has 0 radical (unpaired) electrons. The standard InChI is InChI=1S/C35H41Cl2FN4O11/c1-17-8-7-9-27(50-6)35(46)16-26(51-33(45)40-35)18(2)31-34(3,53-31)28(52-32(44)39-22-13-20(36)21(38)14-23(22)42(47)48)15-29(43)41(4)24-11-19(10-17)12-25(49-5)30(24)37/h7-9,11-13,18,23,26-28,31,46H,10,14-16H2,1-6H3,(H,39,44)(H,40,45)/b9-7+,17-8+/t18-,23?,26+,27-,28+,31+,34+,35+/m1/s1. The quantitative estimate of drug-likeness (QED) is 0.202. The number of nitrogens with one attached hydrogen (secondary N) is 2. The fraction of sp³-hybridized carbons (Fsp3) is 0.514. The van der Waals surface area contributed by atoms with Gasteiger partial charge in [0, 0.05) is 31.4 Å². The Morgan fingerprint density at radius 1 is 1.25 bits per heavy atom. The number of aliphatic hydroxyl groups is 1. The van der Waals surface area contributed by atoms with Gasteiger partial charge in [0.2, 0.25) is 5.91 Å². The first-order chi connectivity index (χ1) is 24.9. The van der Waals surface area contributed by atoms with E-state index in [2.05, 4.69) is 10.6 Å². The fourth-order valence-corrected chi connectivity index (χ4v) is 7.39. The van der Waals surface area contributed by atoms with Crippen LogP contribution >= 0.6 is 23.2 Å². The summed E-state index contributed by atoms with van der Waals surface area (Å²) in [4.78, 5) is 52.5. The van der Waals surface area contributed by atoms with Crippen LogP contribution < -0.4 is 20.3 Å². The van der Waals surface area contributed by atoms with Crippen molar-refractivity contribution in [2.24, 2.45) is 5.92 Å². The highest BCUT2D eigenvalue weighted by molar-refractivity contribution is 6.35. The summed E-state index contributed by atoms with van der Waals surface area (Å²) in [6.45, 7) is 5.19. The molecule has 0 aromatic heterocycles. The van der Waals surface area contributed by atoms with Gasteiger partial charge in [0.1, 0.15) is 40.5 Å². The number of nitrogens with zero attached hydrogens (tertiary/aromatic N) is 2. The molecule has 4 bridgehead atoms. The number of halogens is 3. The summed E-state index contributed by atoms with van der Waals surface area (Å²) in [6.07, 6.45) is -0.979. The van der Waals surface area contributed by atoms with Crippen LogP contribution in [0.3, 0.4) is 0 Å². The van der Waals surface area contributed by atoms with E-state index in [1.165, 1.54) is 26.2 Å². The monoisotopic (exact) mass is 782 g/mol. The zero-order valence-corrected chi connectivity index (χ0v) is 31.3. The summed E-state index contributed by atoms with van der Waals surface area (Å²) in [7, 11) is 4.32. The summed E-state index contributed by atoms with van der Waals surface area (Å²) in [6, 6.07) is 1.80. The number of methoxy groups -OCH3 is 2. The number of carbonyl (C=O) groups excluding carboxylic acids is 3. The van der Waals surface area contributed by atoms with E-state index in [0.717, 1.165) is 17.2 Å². The van der Waals surface area contributed by atoms with Gasteiger partial charge in [0.05, 0.1) is 42.5 Å². The molecule has 53 heavy (non-hydrogen) atoms. The minimum Gasteiger partial charge on any atom is -0.495 e. The minimum absolute atomic E-state index is 0.125. The zero-order valence-electron chi connectivity index (χ0n) is 29.8. The van der Waals surface area contributed by atoms with E-state index < -0.39 is 94.4 Å². The van der Waals surface area contributed by atoms with Crippen LogP contribution in [0.2, 0.25) is 5.02 Å². The summed E-state index contributed by atoms with van der Waals surface area (Å²) < 4.78 is 42.8. The lowest BCUT2D eigenvalue weighted by molar-refractivity contribution is -0.512. The molecule has 3 N–H and O–H groups in total. The number of hydrogen-bond acceptors (Lipinski definition) is 11. The number of rotatable bonds is 5. The molecule has 4 aliphatic rings. The third-order valence-corrected chi connectivity index (χ3v) is 10.7. The van der Waals surface area contributed by atoms with Gasteiger partial charge in [-0.05, 0) is 44.0 Å². The maximum atomic E-state index is 14.1. The van der Waals surface area contributed by atoms with Crippen molar-refractivity contribution in [3.63, 3.8) is 0 Å². The van der Waals surface area contributed by atoms with E-state index in [4.69, 9.17) is 46.9 Å². The third kappa shape index (κ3) is 8.46. The maximum Gasteiger partial charge on any atom is 0.411 e. The third-order valence-electron chi connectivity index (χ3n) is 9.97. The number of epoxide rings is 1. The molecule has 3 aliphatic heterocycles. The number of nitro groups is 1. The molecule has 3 heterocycles. The molecule has 5 rings (SSSR count). The molecule has 1 aliphatic carbocycles. The van der Waals surface area contributed by atoms with Gasteiger partial charge in [-0.1, -0.05) is 53.9 Å². The van der Waals surface area contributed by atoms with Crippen molar-refractivity contribution in [3.8, 4) is 5.75 Å². The van der Waals surface area contributed by atoms with Crippen molar-refractivity contribution >= 4 is 47.0 Å². The van der Waals surface area contributed by atoms with Crippen LogP contribution in [-0.2, 0) is 30.2 Å². The van der Waals surface area contributed by atoms with Crippen LogP contribution in [0, 0.1) is 16.0 Å². The lowest BCUT2D eigenvalue weighted by Crippen LogP contribution is -2.63. The van der Waals surface area contributed by atoms with Gasteiger partial charge in [0.25, 0.3) is 6.04 Å². The molecule has 288 valence electrons. The Labute approximate surface area is 314 Å². The van der Waals surface area contributed by atoms with Crippen LogP contribution in [0.25, 0.3) is 0 Å². The summed E-state index contributed by atoms with van der Waals surface area (Å²) in [5.74, 6) is -1.80.